The molecule has 0 saturated heterocycles. The first-order chi connectivity index (χ1) is 13.0. The number of hydrogen-bond acceptors (Lipinski definition) is 3. The third kappa shape index (κ3) is 2.97. The Kier molecular flexibility index (Phi) is 4.18. The molecule has 0 amide bonds. The molecule has 0 radical (unpaired) electrons. The summed E-state index contributed by atoms with van der Waals surface area (Å²) >= 11 is 0. The zero-order valence-corrected chi connectivity index (χ0v) is 15.5. The zero-order chi connectivity index (χ0) is 19.1. The SMILES string of the molecule is Cc1c(-c2ccc3c(O)n(CC(C)C)cc3c2)nnn1-c1ccccc1F. The van der Waals surface area contributed by atoms with Crippen molar-refractivity contribution in [1.29, 1.82) is 0 Å². The molecule has 2 aromatic heterocycles. The van der Waals surface area contributed by atoms with E-state index in [1.807, 2.05) is 35.9 Å². The van der Waals surface area contributed by atoms with Gasteiger partial charge in [-0.05, 0) is 37.1 Å². The molecule has 0 saturated carbocycles. The van der Waals surface area contributed by atoms with E-state index < -0.39 is 0 Å². The number of hydrogen-bond donors (Lipinski definition) is 1. The first-order valence-electron chi connectivity index (χ1n) is 8.95. The first kappa shape index (κ1) is 17.3. The monoisotopic (exact) mass is 364 g/mol. The predicted octanol–water partition coefficient (Wildman–Crippen LogP) is 4.70. The highest BCUT2D eigenvalue weighted by atomic mass is 19.1. The number of fused-ring (bicyclic) bond motifs is 1. The van der Waals surface area contributed by atoms with E-state index in [1.165, 1.54) is 10.7 Å². The van der Waals surface area contributed by atoms with Crippen LogP contribution in [0.2, 0.25) is 0 Å². The molecule has 4 rings (SSSR count). The molecule has 2 aromatic carbocycles. The summed E-state index contributed by atoms with van der Waals surface area (Å²) in [5, 5.41) is 20.6. The quantitative estimate of drug-likeness (QED) is 0.571. The minimum Gasteiger partial charge on any atom is -0.494 e. The lowest BCUT2D eigenvalue weighted by atomic mass is 10.1. The molecule has 1 N–H and O–H groups in total. The zero-order valence-electron chi connectivity index (χ0n) is 15.5. The van der Waals surface area contributed by atoms with Crippen molar-refractivity contribution in [2.75, 3.05) is 0 Å². The largest absolute Gasteiger partial charge is 0.494 e. The Morgan fingerprint density at radius 2 is 1.93 bits per heavy atom. The molecular weight excluding hydrogens is 343 g/mol. The summed E-state index contributed by atoms with van der Waals surface area (Å²) in [5.41, 5.74) is 2.70. The molecule has 0 fully saturated rings. The highest BCUT2D eigenvalue weighted by Crippen LogP contribution is 2.32. The smallest absolute Gasteiger partial charge is 0.199 e. The summed E-state index contributed by atoms with van der Waals surface area (Å²) in [6.07, 6.45) is 1.95. The van der Waals surface area contributed by atoms with Gasteiger partial charge in [-0.3, -0.25) is 0 Å². The van der Waals surface area contributed by atoms with Crippen LogP contribution in [0.15, 0.2) is 48.7 Å². The van der Waals surface area contributed by atoms with Gasteiger partial charge in [0.05, 0.1) is 5.69 Å². The van der Waals surface area contributed by atoms with Crippen LogP contribution in [-0.4, -0.2) is 24.7 Å². The second-order valence-electron chi connectivity index (χ2n) is 7.19. The summed E-state index contributed by atoms with van der Waals surface area (Å²) in [6.45, 7) is 6.84. The van der Waals surface area contributed by atoms with Gasteiger partial charge >= 0.3 is 0 Å². The van der Waals surface area contributed by atoms with Gasteiger partial charge in [0.15, 0.2) is 5.88 Å². The van der Waals surface area contributed by atoms with Crippen LogP contribution in [0.5, 0.6) is 5.88 Å². The van der Waals surface area contributed by atoms with Gasteiger partial charge in [0.25, 0.3) is 0 Å². The lowest BCUT2D eigenvalue weighted by Gasteiger charge is -2.07. The molecule has 6 heteroatoms. The molecule has 0 aliphatic heterocycles. The average molecular weight is 364 g/mol. The van der Waals surface area contributed by atoms with E-state index in [1.54, 1.807) is 18.2 Å². The van der Waals surface area contributed by atoms with Gasteiger partial charge in [-0.15, -0.1) is 5.10 Å². The van der Waals surface area contributed by atoms with Gasteiger partial charge < -0.3 is 9.67 Å². The number of aromatic nitrogens is 4. The Morgan fingerprint density at radius 3 is 2.67 bits per heavy atom. The van der Waals surface area contributed by atoms with E-state index in [4.69, 9.17) is 0 Å². The van der Waals surface area contributed by atoms with Crippen molar-refractivity contribution in [3.8, 4) is 22.8 Å². The lowest BCUT2D eigenvalue weighted by molar-refractivity contribution is 0.399. The molecule has 0 aliphatic rings. The van der Waals surface area contributed by atoms with Crippen molar-refractivity contribution in [3.63, 3.8) is 0 Å². The van der Waals surface area contributed by atoms with Crippen molar-refractivity contribution in [2.24, 2.45) is 5.92 Å². The summed E-state index contributed by atoms with van der Waals surface area (Å²) in [6, 6.07) is 12.3. The number of aromatic hydroxyl groups is 1. The molecule has 0 bridgehead atoms. The van der Waals surface area contributed by atoms with Crippen LogP contribution in [-0.2, 0) is 6.54 Å². The molecule has 0 atom stereocenters. The van der Waals surface area contributed by atoms with Crippen molar-refractivity contribution < 1.29 is 9.50 Å². The molecular formula is C21H21FN4O. The third-order valence-corrected chi connectivity index (χ3v) is 4.67. The van der Waals surface area contributed by atoms with Crippen molar-refractivity contribution in [3.05, 3.63) is 60.2 Å². The number of benzene rings is 2. The molecule has 4 aromatic rings. The van der Waals surface area contributed by atoms with E-state index >= 15 is 0 Å². The normalized spacial score (nSPS) is 11.6. The van der Waals surface area contributed by atoms with Crippen LogP contribution in [0.3, 0.4) is 0 Å². The van der Waals surface area contributed by atoms with Gasteiger partial charge in [-0.1, -0.05) is 37.3 Å². The Labute approximate surface area is 156 Å². The number of halogens is 1. The van der Waals surface area contributed by atoms with Crippen LogP contribution in [0.25, 0.3) is 27.7 Å². The number of para-hydroxylation sites is 1. The predicted molar refractivity (Wildman–Crippen MR) is 103 cm³/mol. The highest BCUT2D eigenvalue weighted by Gasteiger charge is 2.16. The third-order valence-electron chi connectivity index (χ3n) is 4.67. The van der Waals surface area contributed by atoms with Crippen molar-refractivity contribution >= 4 is 10.8 Å². The van der Waals surface area contributed by atoms with Gasteiger partial charge in [-0.25, -0.2) is 9.07 Å². The number of nitrogens with zero attached hydrogens (tertiary/aromatic N) is 4. The van der Waals surface area contributed by atoms with E-state index in [0.29, 0.717) is 17.3 Å². The molecule has 0 aliphatic carbocycles. The Morgan fingerprint density at radius 1 is 1.15 bits per heavy atom. The fourth-order valence-corrected chi connectivity index (χ4v) is 3.38. The maximum Gasteiger partial charge on any atom is 0.199 e. The second-order valence-corrected chi connectivity index (χ2v) is 7.19. The Balaban J connectivity index is 1.78. The Bertz CT molecular complexity index is 1130. The molecule has 0 spiro atoms. The van der Waals surface area contributed by atoms with E-state index in [2.05, 4.69) is 24.2 Å². The molecule has 138 valence electrons. The van der Waals surface area contributed by atoms with Crippen LogP contribution in [0.4, 0.5) is 4.39 Å². The van der Waals surface area contributed by atoms with Gasteiger partial charge in [0.1, 0.15) is 17.2 Å². The van der Waals surface area contributed by atoms with Crippen LogP contribution < -0.4 is 0 Å². The second kappa shape index (κ2) is 6.54. The minimum absolute atomic E-state index is 0.275. The Hall–Kier alpha value is -3.15. The van der Waals surface area contributed by atoms with Gasteiger partial charge in [0, 0.05) is 29.1 Å². The summed E-state index contributed by atoms with van der Waals surface area (Å²) < 4.78 is 17.5. The fraction of sp³-hybridized carbons (Fsp3) is 0.238. The minimum atomic E-state index is -0.344. The number of rotatable bonds is 4. The first-order valence-corrected chi connectivity index (χ1v) is 8.95. The summed E-state index contributed by atoms with van der Waals surface area (Å²) in [5.74, 6) is 0.361. The van der Waals surface area contributed by atoms with E-state index in [9.17, 15) is 9.50 Å². The van der Waals surface area contributed by atoms with Gasteiger partial charge in [0.2, 0.25) is 0 Å². The van der Waals surface area contributed by atoms with Crippen LogP contribution >= 0.6 is 0 Å². The van der Waals surface area contributed by atoms with Crippen LogP contribution in [0.1, 0.15) is 19.5 Å². The fourth-order valence-electron chi connectivity index (χ4n) is 3.38. The highest BCUT2D eigenvalue weighted by molar-refractivity contribution is 5.91. The van der Waals surface area contributed by atoms with Crippen LogP contribution in [0, 0.1) is 18.7 Å². The maximum atomic E-state index is 14.1. The lowest BCUT2D eigenvalue weighted by Crippen LogP contribution is -2.01. The van der Waals surface area contributed by atoms with E-state index in [0.717, 1.165) is 28.6 Å². The molecule has 5 nitrogen and oxygen atoms in total. The van der Waals surface area contributed by atoms with E-state index in [-0.39, 0.29) is 11.7 Å². The summed E-state index contributed by atoms with van der Waals surface area (Å²) in [7, 11) is 0. The summed E-state index contributed by atoms with van der Waals surface area (Å²) in [4.78, 5) is 0. The average Bonchev–Trinajstić information content (AvgIpc) is 3.15. The van der Waals surface area contributed by atoms with Gasteiger partial charge in [-0.2, -0.15) is 0 Å². The standard InChI is InChI=1S/C21H21FN4O/c1-13(2)11-25-12-16-10-15(8-9-17(16)21(25)27)20-14(3)26(24-23-20)19-7-5-4-6-18(19)22/h4-10,12-13,27H,11H2,1-3H3. The molecule has 2 heterocycles. The molecule has 27 heavy (non-hydrogen) atoms. The van der Waals surface area contributed by atoms with Crippen molar-refractivity contribution in [1.82, 2.24) is 19.6 Å². The maximum absolute atomic E-state index is 14.1. The topological polar surface area (TPSA) is 55.9 Å². The molecule has 0 unspecified atom stereocenters. The van der Waals surface area contributed by atoms with Crippen molar-refractivity contribution in [2.45, 2.75) is 27.3 Å².